The number of methoxy groups -OCH3 is 1. The quantitative estimate of drug-likeness (QED) is 0.266. The zero-order valence-corrected chi connectivity index (χ0v) is 13.4. The van der Waals surface area contributed by atoms with Gasteiger partial charge in [-0.3, -0.25) is 0 Å². The Morgan fingerprint density at radius 2 is 1.89 bits per heavy atom. The topological polar surface area (TPSA) is 55.8 Å². The molecule has 5 heteroatoms. The molecule has 0 saturated heterocycles. The second-order valence-electron chi connectivity index (χ2n) is 5.79. The normalized spacial score (nSPS) is 13.4. The first-order valence-electron chi connectivity index (χ1n) is 6.24. The number of unbranched alkanes of at least 4 members (excludes halogenated alkanes) is 1. The lowest BCUT2D eigenvalue weighted by molar-refractivity contribution is -0.138. The van der Waals surface area contributed by atoms with Crippen molar-refractivity contribution >= 4 is 14.3 Å². The number of aliphatic hydroxyl groups is 1. The van der Waals surface area contributed by atoms with Crippen molar-refractivity contribution in [2.75, 3.05) is 13.7 Å². The largest absolute Gasteiger partial charge is 0.539 e. The maximum Gasteiger partial charge on any atom is 0.371 e. The van der Waals surface area contributed by atoms with Crippen molar-refractivity contribution in [2.45, 2.75) is 51.7 Å². The maximum atomic E-state index is 11.7. The highest BCUT2D eigenvalue weighted by Crippen LogP contribution is 2.38. The molecule has 0 aromatic rings. The molecule has 0 saturated carbocycles. The van der Waals surface area contributed by atoms with Gasteiger partial charge in [-0.15, -0.1) is 0 Å². The van der Waals surface area contributed by atoms with E-state index in [0.717, 1.165) is 0 Å². The average molecular weight is 274 g/mol. The fourth-order valence-corrected chi connectivity index (χ4v) is 2.04. The lowest BCUT2D eigenvalue weighted by Gasteiger charge is -2.36. The maximum absolute atomic E-state index is 11.7. The zero-order valence-electron chi connectivity index (χ0n) is 12.4. The number of ether oxygens (including phenoxy) is 1. The fraction of sp³-hybridized carbons (Fsp3) is 0.769. The summed E-state index contributed by atoms with van der Waals surface area (Å²) in [5.41, 5.74) is 0. The molecule has 0 aromatic heterocycles. The minimum Gasteiger partial charge on any atom is -0.539 e. The first-order valence-corrected chi connectivity index (χ1v) is 9.15. The lowest BCUT2D eigenvalue weighted by atomic mass is 10.2. The smallest absolute Gasteiger partial charge is 0.371 e. The summed E-state index contributed by atoms with van der Waals surface area (Å²) in [5.74, 6) is -0.171. The Hall–Kier alpha value is -0.813. The van der Waals surface area contributed by atoms with Crippen molar-refractivity contribution in [3.8, 4) is 0 Å². The highest BCUT2D eigenvalue weighted by molar-refractivity contribution is 6.74. The number of hydrogen-bond donors (Lipinski definition) is 1. The van der Waals surface area contributed by atoms with E-state index in [4.69, 9.17) is 14.3 Å². The summed E-state index contributed by atoms with van der Waals surface area (Å²) in [7, 11) is -0.694. The number of esters is 1. The van der Waals surface area contributed by atoms with Gasteiger partial charge in [0.2, 0.25) is 0 Å². The van der Waals surface area contributed by atoms with Crippen LogP contribution in [0.4, 0.5) is 0 Å². The van der Waals surface area contributed by atoms with Crippen LogP contribution in [0, 0.1) is 0 Å². The Bertz CT molecular complexity index is 303. The van der Waals surface area contributed by atoms with Crippen LogP contribution in [0.1, 0.15) is 33.6 Å². The zero-order chi connectivity index (χ0) is 14.4. The molecule has 0 bridgehead atoms. The van der Waals surface area contributed by atoms with Gasteiger partial charge in [-0.05, 0) is 37.0 Å². The Kier molecular flexibility index (Phi) is 6.63. The van der Waals surface area contributed by atoms with Crippen LogP contribution >= 0.6 is 0 Å². The van der Waals surface area contributed by atoms with Crippen molar-refractivity contribution in [2.24, 2.45) is 0 Å². The molecule has 4 nitrogen and oxygen atoms in total. The van der Waals surface area contributed by atoms with Gasteiger partial charge in [-0.25, -0.2) is 4.79 Å². The second-order valence-corrected chi connectivity index (χ2v) is 10.5. The summed E-state index contributed by atoms with van der Waals surface area (Å²) in [6.07, 6.45) is 2.93. The Morgan fingerprint density at radius 3 is 2.28 bits per heavy atom. The third-order valence-electron chi connectivity index (χ3n) is 3.25. The highest BCUT2D eigenvalue weighted by atomic mass is 28.4. The van der Waals surface area contributed by atoms with Crippen LogP contribution in [-0.4, -0.2) is 33.1 Å². The summed E-state index contributed by atoms with van der Waals surface area (Å²) in [5, 5.41) is 8.78. The van der Waals surface area contributed by atoms with Gasteiger partial charge in [0.05, 0.1) is 7.11 Å². The molecule has 0 aromatic carbocycles. The Morgan fingerprint density at radius 1 is 1.33 bits per heavy atom. The highest BCUT2D eigenvalue weighted by Gasteiger charge is 2.40. The second kappa shape index (κ2) is 6.94. The monoisotopic (exact) mass is 274 g/mol. The lowest BCUT2D eigenvalue weighted by Crippen LogP contribution is -2.41. The van der Waals surface area contributed by atoms with Crippen LogP contribution < -0.4 is 0 Å². The number of hydrogen-bond acceptors (Lipinski definition) is 4. The van der Waals surface area contributed by atoms with E-state index in [0.29, 0.717) is 12.8 Å². The van der Waals surface area contributed by atoms with Crippen LogP contribution in [0.5, 0.6) is 0 Å². The molecule has 0 aliphatic rings. The average Bonchev–Trinajstić information content (AvgIpc) is 2.25. The minimum atomic E-state index is -2.04. The van der Waals surface area contributed by atoms with E-state index >= 15 is 0 Å². The Labute approximate surface area is 111 Å². The molecule has 0 spiro atoms. The third-order valence-corrected chi connectivity index (χ3v) is 7.59. The van der Waals surface area contributed by atoms with Crippen LogP contribution in [0.2, 0.25) is 18.1 Å². The van der Waals surface area contributed by atoms with Gasteiger partial charge in [-0.1, -0.05) is 20.8 Å². The number of aliphatic hydroxyl groups excluding tert-OH is 1. The summed E-state index contributed by atoms with van der Waals surface area (Å²) in [6.45, 7) is 10.6. The molecule has 18 heavy (non-hydrogen) atoms. The SMILES string of the molecule is COC(=O)/C(=C\CCCO)O[Si](C)(C)C(C)(C)C. The van der Waals surface area contributed by atoms with Gasteiger partial charge < -0.3 is 14.3 Å². The van der Waals surface area contributed by atoms with Crippen molar-refractivity contribution in [3.63, 3.8) is 0 Å². The van der Waals surface area contributed by atoms with Crippen molar-refractivity contribution in [1.29, 1.82) is 0 Å². The molecule has 0 fully saturated rings. The van der Waals surface area contributed by atoms with Gasteiger partial charge in [0, 0.05) is 6.61 Å². The minimum absolute atomic E-state index is 0.0249. The molecule has 0 atom stereocenters. The summed E-state index contributed by atoms with van der Waals surface area (Å²) >= 11 is 0. The third kappa shape index (κ3) is 5.22. The van der Waals surface area contributed by atoms with E-state index in [9.17, 15) is 4.79 Å². The number of rotatable bonds is 6. The van der Waals surface area contributed by atoms with Crippen molar-refractivity contribution in [1.82, 2.24) is 0 Å². The van der Waals surface area contributed by atoms with Crippen LogP contribution in [0.15, 0.2) is 11.8 Å². The number of carbonyl (C=O) groups excluding carboxylic acids is 1. The molecule has 106 valence electrons. The van der Waals surface area contributed by atoms with E-state index in [2.05, 4.69) is 33.9 Å². The molecule has 0 aliphatic carbocycles. The van der Waals surface area contributed by atoms with E-state index < -0.39 is 14.3 Å². The van der Waals surface area contributed by atoms with E-state index in [1.807, 2.05) is 0 Å². The summed E-state index contributed by atoms with van der Waals surface area (Å²) in [4.78, 5) is 11.7. The molecule has 0 rings (SSSR count). The molecule has 0 unspecified atom stereocenters. The molecular formula is C13H26O4Si. The molecule has 0 aliphatic heterocycles. The molecular weight excluding hydrogens is 248 g/mol. The first-order chi connectivity index (χ1) is 8.15. The summed E-state index contributed by atoms with van der Waals surface area (Å²) in [6, 6.07) is 0. The van der Waals surface area contributed by atoms with Crippen LogP contribution in [-0.2, 0) is 14.0 Å². The summed E-state index contributed by atoms with van der Waals surface area (Å²) < 4.78 is 10.7. The molecule has 1 N–H and O–H groups in total. The Balaban J connectivity index is 4.90. The van der Waals surface area contributed by atoms with Gasteiger partial charge in [0.15, 0.2) is 5.76 Å². The van der Waals surface area contributed by atoms with Crippen LogP contribution in [0.3, 0.4) is 0 Å². The van der Waals surface area contributed by atoms with E-state index in [-0.39, 0.29) is 17.4 Å². The predicted molar refractivity (Wildman–Crippen MR) is 74.7 cm³/mol. The first kappa shape index (κ1) is 17.2. The predicted octanol–water partition coefficient (Wildman–Crippen LogP) is 2.84. The fourth-order valence-electron chi connectivity index (χ4n) is 1.02. The van der Waals surface area contributed by atoms with Gasteiger partial charge >= 0.3 is 5.97 Å². The molecule has 0 radical (unpaired) electrons. The van der Waals surface area contributed by atoms with Gasteiger partial charge in [0.25, 0.3) is 8.32 Å². The van der Waals surface area contributed by atoms with Gasteiger partial charge in [-0.2, -0.15) is 0 Å². The number of carbonyl (C=O) groups is 1. The standard InChI is InChI=1S/C13H26O4Si/c1-13(2,3)18(5,6)17-11(12(15)16-4)9-7-8-10-14/h9,14H,7-8,10H2,1-6H3/b11-9+. The van der Waals surface area contributed by atoms with Crippen molar-refractivity contribution in [3.05, 3.63) is 11.8 Å². The van der Waals surface area contributed by atoms with Gasteiger partial charge in [0.1, 0.15) is 0 Å². The molecule has 0 amide bonds. The number of allylic oxidation sites excluding steroid dienone is 1. The van der Waals surface area contributed by atoms with E-state index in [1.54, 1.807) is 6.08 Å². The van der Waals surface area contributed by atoms with Crippen molar-refractivity contribution < 1.29 is 19.1 Å². The van der Waals surface area contributed by atoms with Crippen LogP contribution in [0.25, 0.3) is 0 Å². The van der Waals surface area contributed by atoms with E-state index in [1.165, 1.54) is 7.11 Å². The molecule has 0 heterocycles.